The van der Waals surface area contributed by atoms with E-state index in [4.69, 9.17) is 5.73 Å². The van der Waals surface area contributed by atoms with Crippen molar-refractivity contribution >= 4 is 17.4 Å². The SMILES string of the molecule is Cc1cc(NC(=O)c2cccc(=O)[nH]2)ncc1N. The van der Waals surface area contributed by atoms with Gasteiger partial charge in [-0.3, -0.25) is 9.59 Å². The molecule has 0 aliphatic rings. The van der Waals surface area contributed by atoms with Crippen molar-refractivity contribution in [3.63, 3.8) is 0 Å². The number of aryl methyl sites for hydroxylation is 1. The molecule has 0 unspecified atom stereocenters. The monoisotopic (exact) mass is 244 g/mol. The third-order valence-corrected chi connectivity index (χ3v) is 2.41. The maximum atomic E-state index is 11.8. The van der Waals surface area contributed by atoms with Gasteiger partial charge in [-0.25, -0.2) is 4.98 Å². The summed E-state index contributed by atoms with van der Waals surface area (Å²) in [6.07, 6.45) is 1.47. The number of nitrogens with two attached hydrogens (primary N) is 1. The average molecular weight is 244 g/mol. The summed E-state index contributed by atoms with van der Waals surface area (Å²) in [7, 11) is 0. The maximum absolute atomic E-state index is 11.8. The number of nitrogens with zero attached hydrogens (tertiary/aromatic N) is 1. The average Bonchev–Trinajstić information content (AvgIpc) is 2.34. The third kappa shape index (κ3) is 2.54. The Hall–Kier alpha value is -2.63. The van der Waals surface area contributed by atoms with Crippen LogP contribution in [0.15, 0.2) is 35.3 Å². The number of nitrogens with one attached hydrogen (secondary N) is 2. The number of anilines is 2. The molecule has 2 aromatic rings. The zero-order chi connectivity index (χ0) is 13.1. The maximum Gasteiger partial charge on any atom is 0.273 e. The van der Waals surface area contributed by atoms with E-state index in [1.165, 1.54) is 24.4 Å². The molecule has 18 heavy (non-hydrogen) atoms. The Morgan fingerprint density at radius 1 is 1.44 bits per heavy atom. The van der Waals surface area contributed by atoms with Gasteiger partial charge in [0.2, 0.25) is 5.56 Å². The van der Waals surface area contributed by atoms with Gasteiger partial charge in [0.1, 0.15) is 11.5 Å². The lowest BCUT2D eigenvalue weighted by Gasteiger charge is -2.06. The van der Waals surface area contributed by atoms with Crippen molar-refractivity contribution in [2.24, 2.45) is 0 Å². The Balaban J connectivity index is 2.21. The topological polar surface area (TPSA) is 101 Å². The lowest BCUT2D eigenvalue weighted by Crippen LogP contribution is -2.18. The first kappa shape index (κ1) is 11.8. The number of amides is 1. The van der Waals surface area contributed by atoms with E-state index in [9.17, 15) is 9.59 Å². The van der Waals surface area contributed by atoms with Crippen molar-refractivity contribution in [1.82, 2.24) is 9.97 Å². The summed E-state index contributed by atoms with van der Waals surface area (Å²) in [6.45, 7) is 1.82. The van der Waals surface area contributed by atoms with Crippen LogP contribution < -0.4 is 16.6 Å². The highest BCUT2D eigenvalue weighted by atomic mass is 16.2. The zero-order valence-corrected chi connectivity index (χ0v) is 9.73. The fraction of sp³-hybridized carbons (Fsp3) is 0.0833. The fourth-order valence-electron chi connectivity index (χ4n) is 1.40. The van der Waals surface area contributed by atoms with E-state index < -0.39 is 5.91 Å². The summed E-state index contributed by atoms with van der Waals surface area (Å²) >= 11 is 0. The molecule has 0 spiro atoms. The van der Waals surface area contributed by atoms with Gasteiger partial charge in [0, 0.05) is 6.07 Å². The van der Waals surface area contributed by atoms with Crippen LogP contribution in [0.25, 0.3) is 0 Å². The Kier molecular flexibility index (Phi) is 3.09. The van der Waals surface area contributed by atoms with Crippen LogP contribution in [0.2, 0.25) is 0 Å². The summed E-state index contributed by atoms with van der Waals surface area (Å²) in [5.74, 6) is -0.0410. The fourth-order valence-corrected chi connectivity index (χ4v) is 1.40. The first-order valence-electron chi connectivity index (χ1n) is 5.29. The van der Waals surface area contributed by atoms with Crippen LogP contribution >= 0.6 is 0 Å². The lowest BCUT2D eigenvalue weighted by atomic mass is 10.2. The van der Waals surface area contributed by atoms with E-state index in [1.54, 1.807) is 6.07 Å². The first-order chi connectivity index (χ1) is 8.56. The number of carbonyl (C=O) groups excluding carboxylic acids is 1. The molecule has 6 nitrogen and oxygen atoms in total. The molecule has 0 saturated heterocycles. The van der Waals surface area contributed by atoms with E-state index in [0.29, 0.717) is 11.5 Å². The number of H-pyrrole nitrogens is 1. The molecule has 0 atom stereocenters. The second-order valence-electron chi connectivity index (χ2n) is 3.81. The molecular formula is C12H12N4O2. The summed E-state index contributed by atoms with van der Waals surface area (Å²) in [5.41, 5.74) is 6.86. The quantitative estimate of drug-likeness (QED) is 0.730. The molecule has 0 fully saturated rings. The molecule has 0 radical (unpaired) electrons. The largest absolute Gasteiger partial charge is 0.397 e. The second kappa shape index (κ2) is 4.70. The molecule has 2 heterocycles. The molecule has 0 bridgehead atoms. The normalized spacial score (nSPS) is 10.1. The molecule has 2 aromatic heterocycles. The van der Waals surface area contributed by atoms with Gasteiger partial charge in [-0.15, -0.1) is 0 Å². The van der Waals surface area contributed by atoms with Gasteiger partial charge in [-0.2, -0.15) is 0 Å². The van der Waals surface area contributed by atoms with E-state index >= 15 is 0 Å². The zero-order valence-electron chi connectivity index (χ0n) is 9.73. The predicted molar refractivity (Wildman–Crippen MR) is 68.4 cm³/mol. The van der Waals surface area contributed by atoms with Crippen LogP contribution in [-0.2, 0) is 0 Å². The lowest BCUT2D eigenvalue weighted by molar-refractivity contribution is 0.102. The van der Waals surface area contributed by atoms with Gasteiger partial charge in [-0.05, 0) is 24.6 Å². The molecule has 1 amide bonds. The third-order valence-electron chi connectivity index (χ3n) is 2.41. The highest BCUT2D eigenvalue weighted by Crippen LogP contribution is 2.13. The van der Waals surface area contributed by atoms with Gasteiger partial charge in [0.15, 0.2) is 0 Å². The Labute approximate surface area is 103 Å². The summed E-state index contributed by atoms with van der Waals surface area (Å²) in [4.78, 5) is 29.3. The van der Waals surface area contributed by atoms with Gasteiger partial charge in [0.25, 0.3) is 5.91 Å². The summed E-state index contributed by atoms with van der Waals surface area (Å²) in [6, 6.07) is 6.02. The molecule has 0 aliphatic carbocycles. The number of rotatable bonds is 2. The molecular weight excluding hydrogens is 232 g/mol. The highest BCUT2D eigenvalue weighted by Gasteiger charge is 2.07. The van der Waals surface area contributed by atoms with Crippen LogP contribution in [0.1, 0.15) is 16.1 Å². The minimum Gasteiger partial charge on any atom is -0.397 e. The number of aromatic amines is 1. The smallest absolute Gasteiger partial charge is 0.273 e. The Morgan fingerprint density at radius 2 is 2.22 bits per heavy atom. The van der Waals surface area contributed by atoms with Crippen molar-refractivity contribution in [3.8, 4) is 0 Å². The molecule has 0 aromatic carbocycles. The van der Waals surface area contributed by atoms with Crippen LogP contribution in [-0.4, -0.2) is 15.9 Å². The number of nitrogen functional groups attached to an aromatic ring is 1. The van der Waals surface area contributed by atoms with Gasteiger partial charge in [-0.1, -0.05) is 6.07 Å². The van der Waals surface area contributed by atoms with Crippen LogP contribution in [0.4, 0.5) is 11.5 Å². The van der Waals surface area contributed by atoms with E-state index in [0.717, 1.165) is 5.56 Å². The Bertz CT molecular complexity index is 649. The molecule has 4 N–H and O–H groups in total. The molecule has 6 heteroatoms. The second-order valence-corrected chi connectivity index (χ2v) is 3.81. The van der Waals surface area contributed by atoms with Crippen molar-refractivity contribution in [2.75, 3.05) is 11.1 Å². The summed E-state index contributed by atoms with van der Waals surface area (Å²) in [5, 5.41) is 2.58. The first-order valence-corrected chi connectivity index (χ1v) is 5.29. The van der Waals surface area contributed by atoms with Gasteiger partial charge < -0.3 is 16.0 Å². The molecule has 92 valence electrons. The van der Waals surface area contributed by atoms with Crippen LogP contribution in [0, 0.1) is 6.92 Å². The van der Waals surface area contributed by atoms with Crippen molar-refractivity contribution in [1.29, 1.82) is 0 Å². The standard InChI is InChI=1S/C12H12N4O2/c1-7-5-10(14-6-8(7)13)16-12(18)9-3-2-4-11(17)15-9/h2-6H,13H2,1H3,(H,15,17)(H,14,16,18). The van der Waals surface area contributed by atoms with E-state index in [1.807, 2.05) is 6.92 Å². The minimum absolute atomic E-state index is 0.179. The summed E-state index contributed by atoms with van der Waals surface area (Å²) < 4.78 is 0. The number of carbonyl (C=O) groups is 1. The molecule has 2 rings (SSSR count). The number of hydrogen-bond donors (Lipinski definition) is 3. The van der Waals surface area contributed by atoms with Crippen molar-refractivity contribution in [3.05, 3.63) is 52.1 Å². The molecule has 0 aliphatic heterocycles. The van der Waals surface area contributed by atoms with Crippen LogP contribution in [0.5, 0.6) is 0 Å². The minimum atomic E-state index is -0.427. The van der Waals surface area contributed by atoms with Crippen molar-refractivity contribution < 1.29 is 4.79 Å². The van der Waals surface area contributed by atoms with Crippen LogP contribution in [0.3, 0.4) is 0 Å². The van der Waals surface area contributed by atoms with Gasteiger partial charge >= 0.3 is 0 Å². The predicted octanol–water partition coefficient (Wildman–Crippen LogP) is 0.913. The van der Waals surface area contributed by atoms with Gasteiger partial charge in [0.05, 0.1) is 11.9 Å². The molecule has 0 saturated carbocycles. The highest BCUT2D eigenvalue weighted by molar-refractivity contribution is 6.02. The number of aromatic nitrogens is 2. The number of hydrogen-bond acceptors (Lipinski definition) is 4. The number of pyridine rings is 2. The van der Waals surface area contributed by atoms with Crippen molar-refractivity contribution in [2.45, 2.75) is 6.92 Å². The van der Waals surface area contributed by atoms with E-state index in [-0.39, 0.29) is 11.3 Å². The Morgan fingerprint density at radius 3 is 2.89 bits per heavy atom. The van der Waals surface area contributed by atoms with E-state index in [2.05, 4.69) is 15.3 Å².